The first-order valence-corrected chi connectivity index (χ1v) is 8.86. The van der Waals surface area contributed by atoms with Crippen molar-refractivity contribution < 1.29 is 23.9 Å². The number of carbonyl (C=O) groups is 3. The van der Waals surface area contributed by atoms with Gasteiger partial charge in [0.05, 0.1) is 0 Å². The van der Waals surface area contributed by atoms with E-state index in [1.807, 2.05) is 42.5 Å². The van der Waals surface area contributed by atoms with Gasteiger partial charge < -0.3 is 9.47 Å². The van der Waals surface area contributed by atoms with Crippen molar-refractivity contribution in [2.45, 2.75) is 32.3 Å². The molecule has 0 radical (unpaired) electrons. The van der Waals surface area contributed by atoms with Crippen molar-refractivity contribution in [3.05, 3.63) is 59.7 Å². The molecular weight excluding hydrogens is 346 g/mol. The van der Waals surface area contributed by atoms with Gasteiger partial charge >= 0.3 is 5.97 Å². The van der Waals surface area contributed by atoms with E-state index in [9.17, 15) is 14.4 Å². The summed E-state index contributed by atoms with van der Waals surface area (Å²) in [7, 11) is 0. The number of hydrogen-bond acceptors (Lipinski definition) is 5. The maximum atomic E-state index is 13.2. The molecule has 1 unspecified atom stereocenters. The summed E-state index contributed by atoms with van der Waals surface area (Å²) in [6, 6.07) is 13.4. The van der Waals surface area contributed by atoms with Gasteiger partial charge in [-0.05, 0) is 30.2 Å². The van der Waals surface area contributed by atoms with E-state index in [4.69, 9.17) is 9.47 Å². The number of rotatable bonds is 3. The third-order valence-electron chi connectivity index (χ3n) is 5.00. The van der Waals surface area contributed by atoms with Crippen molar-refractivity contribution in [2.24, 2.45) is 0 Å². The van der Waals surface area contributed by atoms with Crippen LogP contribution in [-0.2, 0) is 29.5 Å². The van der Waals surface area contributed by atoms with Crippen molar-refractivity contribution in [2.75, 3.05) is 6.54 Å². The molecule has 2 heterocycles. The van der Waals surface area contributed by atoms with Crippen LogP contribution in [0.15, 0.2) is 54.1 Å². The molecule has 2 aliphatic rings. The molecule has 1 fully saturated rings. The number of esters is 1. The normalized spacial score (nSPS) is 22.5. The average molecular weight is 365 g/mol. The lowest BCUT2D eigenvalue weighted by atomic mass is 9.90. The highest BCUT2D eigenvalue weighted by atomic mass is 16.6. The van der Waals surface area contributed by atoms with Gasteiger partial charge in [-0.2, -0.15) is 0 Å². The zero-order valence-corrected chi connectivity index (χ0v) is 15.2. The molecule has 138 valence electrons. The second-order valence-corrected chi connectivity index (χ2v) is 6.90. The van der Waals surface area contributed by atoms with Gasteiger partial charge in [0.1, 0.15) is 0 Å². The third-order valence-corrected chi connectivity index (χ3v) is 5.00. The quantitative estimate of drug-likeness (QED) is 0.782. The number of likely N-dealkylation sites (tertiary alicyclic amines) is 1. The van der Waals surface area contributed by atoms with Crippen molar-refractivity contribution in [3.8, 4) is 0 Å². The predicted molar refractivity (Wildman–Crippen MR) is 97.1 cm³/mol. The maximum Gasteiger partial charge on any atom is 0.308 e. The molecule has 0 spiro atoms. The van der Waals surface area contributed by atoms with Gasteiger partial charge in [-0.15, -0.1) is 0 Å². The van der Waals surface area contributed by atoms with Crippen molar-refractivity contribution in [1.29, 1.82) is 0 Å². The minimum atomic E-state index is -1.37. The molecule has 0 N–H and O–H groups in total. The number of fused-ring (bicyclic) bond motifs is 1. The predicted octanol–water partition coefficient (Wildman–Crippen LogP) is 3.01. The smallest absolute Gasteiger partial charge is 0.308 e. The number of Topliss-reactive ketones (excluding diaryl/α,β-unsaturated/α-hetero) is 1. The van der Waals surface area contributed by atoms with Gasteiger partial charge in [-0.25, -0.2) is 0 Å². The Balaban J connectivity index is 1.78. The molecule has 0 aromatic heterocycles. The van der Waals surface area contributed by atoms with E-state index in [1.165, 1.54) is 11.8 Å². The lowest BCUT2D eigenvalue weighted by molar-refractivity contribution is -0.142. The van der Waals surface area contributed by atoms with Gasteiger partial charge in [0.15, 0.2) is 5.60 Å². The van der Waals surface area contributed by atoms with Crippen molar-refractivity contribution in [3.63, 3.8) is 0 Å². The van der Waals surface area contributed by atoms with E-state index in [0.29, 0.717) is 24.9 Å². The minimum Gasteiger partial charge on any atom is -0.456 e. The van der Waals surface area contributed by atoms with E-state index >= 15 is 0 Å². The van der Waals surface area contributed by atoms with E-state index in [1.54, 1.807) is 6.92 Å². The lowest BCUT2D eigenvalue weighted by Gasteiger charge is -2.26. The van der Waals surface area contributed by atoms with E-state index in [-0.39, 0.29) is 17.5 Å². The molecular formula is C21H19NO5. The van der Waals surface area contributed by atoms with E-state index < -0.39 is 17.4 Å². The van der Waals surface area contributed by atoms with E-state index in [0.717, 1.165) is 10.8 Å². The van der Waals surface area contributed by atoms with Crippen LogP contribution in [0.25, 0.3) is 10.8 Å². The van der Waals surface area contributed by atoms with Gasteiger partial charge in [-0.3, -0.25) is 19.3 Å². The van der Waals surface area contributed by atoms with Crippen LogP contribution in [-0.4, -0.2) is 29.1 Å². The third kappa shape index (κ3) is 2.77. The zero-order valence-electron chi connectivity index (χ0n) is 15.2. The summed E-state index contributed by atoms with van der Waals surface area (Å²) >= 11 is 0. The molecule has 1 atom stereocenters. The maximum absolute atomic E-state index is 13.2. The van der Waals surface area contributed by atoms with Crippen LogP contribution in [0, 0.1) is 0 Å². The Hall–Kier alpha value is -3.15. The molecule has 6 nitrogen and oxygen atoms in total. The van der Waals surface area contributed by atoms with Crippen LogP contribution in [0.2, 0.25) is 0 Å². The van der Waals surface area contributed by atoms with Crippen molar-refractivity contribution in [1.82, 2.24) is 4.90 Å². The topological polar surface area (TPSA) is 72.9 Å². The molecule has 0 saturated carbocycles. The molecule has 4 rings (SSSR count). The van der Waals surface area contributed by atoms with Crippen LogP contribution in [0.5, 0.6) is 0 Å². The van der Waals surface area contributed by atoms with Gasteiger partial charge in [0.25, 0.3) is 5.78 Å². The number of ether oxygens (including phenoxy) is 2. The fourth-order valence-corrected chi connectivity index (χ4v) is 3.55. The molecule has 6 heteroatoms. The van der Waals surface area contributed by atoms with Crippen LogP contribution in [0.1, 0.15) is 32.3 Å². The summed E-state index contributed by atoms with van der Waals surface area (Å²) in [5, 5.41) is 2.01. The number of hydrogen-bond donors (Lipinski definition) is 0. The summed E-state index contributed by atoms with van der Waals surface area (Å²) in [5.74, 6) is -1.41. The second-order valence-electron chi connectivity index (χ2n) is 6.90. The Kier molecular flexibility index (Phi) is 3.98. The van der Waals surface area contributed by atoms with Crippen LogP contribution in [0.4, 0.5) is 0 Å². The first-order chi connectivity index (χ1) is 12.9. The van der Waals surface area contributed by atoms with Crippen molar-refractivity contribution >= 4 is 28.4 Å². The molecule has 2 aromatic rings. The standard InChI is InChI=1S/C21H19NO5/c1-13(23)26-18-19(25)21(2,27-20(18)22-11-5-8-17(22)24)16-10-9-14-6-3-4-7-15(14)12-16/h3-4,6-7,9-10,12H,5,8,11H2,1-2H3. The molecule has 1 saturated heterocycles. The van der Waals surface area contributed by atoms with Crippen LogP contribution >= 0.6 is 0 Å². The minimum absolute atomic E-state index is 0.0355. The number of amides is 1. The lowest BCUT2D eigenvalue weighted by Crippen LogP contribution is -2.32. The van der Waals surface area contributed by atoms with Gasteiger partial charge in [0, 0.05) is 25.5 Å². The monoisotopic (exact) mass is 365 g/mol. The summed E-state index contributed by atoms with van der Waals surface area (Å²) in [5.41, 5.74) is -0.731. The molecule has 0 bridgehead atoms. The highest BCUT2D eigenvalue weighted by molar-refractivity contribution is 6.05. The number of carbonyl (C=O) groups excluding carboxylic acids is 3. The zero-order chi connectivity index (χ0) is 19.2. The number of ketones is 1. The first kappa shape index (κ1) is 17.3. The average Bonchev–Trinajstić information content (AvgIpc) is 3.18. The van der Waals surface area contributed by atoms with Crippen LogP contribution in [0.3, 0.4) is 0 Å². The fourth-order valence-electron chi connectivity index (χ4n) is 3.55. The molecule has 1 amide bonds. The largest absolute Gasteiger partial charge is 0.456 e. The number of benzene rings is 2. The Bertz CT molecular complexity index is 1010. The first-order valence-electron chi connectivity index (χ1n) is 8.86. The summed E-state index contributed by atoms with van der Waals surface area (Å²) < 4.78 is 11.2. The summed E-state index contributed by atoms with van der Waals surface area (Å²) in [4.78, 5) is 38.3. The molecule has 0 aliphatic carbocycles. The molecule has 27 heavy (non-hydrogen) atoms. The molecule has 2 aliphatic heterocycles. The SMILES string of the molecule is CC(=O)OC1=C(N2CCCC2=O)OC(C)(c2ccc3ccccc3c2)C1=O. The second kappa shape index (κ2) is 6.23. The van der Waals surface area contributed by atoms with Gasteiger partial charge in [-0.1, -0.05) is 36.4 Å². The summed E-state index contributed by atoms with van der Waals surface area (Å²) in [6.45, 7) is 3.28. The Morgan fingerprint density at radius 2 is 1.89 bits per heavy atom. The number of nitrogens with zero attached hydrogens (tertiary/aromatic N) is 1. The fraction of sp³-hybridized carbons (Fsp3) is 0.286. The van der Waals surface area contributed by atoms with Gasteiger partial charge in [0.2, 0.25) is 17.5 Å². The Labute approximate surface area is 156 Å². The Morgan fingerprint density at radius 1 is 1.15 bits per heavy atom. The van der Waals surface area contributed by atoms with Crippen LogP contribution < -0.4 is 0 Å². The highest BCUT2D eigenvalue weighted by Crippen LogP contribution is 2.42. The summed E-state index contributed by atoms with van der Waals surface area (Å²) in [6.07, 6.45) is 1.04. The molecule has 2 aromatic carbocycles. The van der Waals surface area contributed by atoms with E-state index in [2.05, 4.69) is 0 Å². The Morgan fingerprint density at radius 3 is 2.56 bits per heavy atom. The highest BCUT2D eigenvalue weighted by Gasteiger charge is 2.52.